The van der Waals surface area contributed by atoms with Gasteiger partial charge in [0.2, 0.25) is 0 Å². The van der Waals surface area contributed by atoms with Crippen LogP contribution >= 0.6 is 27.3 Å². The van der Waals surface area contributed by atoms with Crippen molar-refractivity contribution in [3.63, 3.8) is 0 Å². The molecule has 1 aromatic carbocycles. The molecule has 0 fully saturated rings. The van der Waals surface area contributed by atoms with Gasteiger partial charge in [-0.2, -0.15) is 0 Å². The van der Waals surface area contributed by atoms with Crippen LogP contribution in [0.3, 0.4) is 0 Å². The van der Waals surface area contributed by atoms with E-state index in [4.69, 9.17) is 9.47 Å². The highest BCUT2D eigenvalue weighted by Crippen LogP contribution is 2.33. The maximum Gasteiger partial charge on any atom is 0.299 e. The van der Waals surface area contributed by atoms with Gasteiger partial charge in [0.25, 0.3) is 5.19 Å². The smallest absolute Gasteiger partial charge is 0.299 e. The van der Waals surface area contributed by atoms with Gasteiger partial charge >= 0.3 is 0 Å². The third-order valence-electron chi connectivity index (χ3n) is 2.45. The molecule has 0 spiro atoms. The number of methoxy groups -OCH3 is 1. The molecule has 0 unspecified atom stereocenters. The van der Waals surface area contributed by atoms with Gasteiger partial charge in [0.1, 0.15) is 16.5 Å². The molecule has 0 aliphatic heterocycles. The van der Waals surface area contributed by atoms with Crippen molar-refractivity contribution in [2.45, 2.75) is 26.4 Å². The van der Waals surface area contributed by atoms with Crippen LogP contribution in [-0.4, -0.2) is 23.3 Å². The molecule has 2 rings (SSSR count). The average Bonchev–Trinajstić information content (AvgIpc) is 2.86. The Morgan fingerprint density at radius 3 is 2.80 bits per heavy atom. The van der Waals surface area contributed by atoms with Crippen LogP contribution in [0.2, 0.25) is 0 Å². The molecule has 0 saturated heterocycles. The Hall–Kier alpha value is -1.18. The number of hydrogen-bond acceptors (Lipinski definition) is 6. The summed E-state index contributed by atoms with van der Waals surface area (Å²) in [6.45, 7) is 4.88. The summed E-state index contributed by atoms with van der Waals surface area (Å²) in [7, 11) is 1.63. The molecule has 0 saturated carbocycles. The van der Waals surface area contributed by atoms with E-state index in [2.05, 4.69) is 45.3 Å². The van der Waals surface area contributed by atoms with Gasteiger partial charge in [-0.1, -0.05) is 30.3 Å². The molecule has 2 aromatic rings. The third kappa shape index (κ3) is 4.16. The maximum atomic E-state index is 5.71. The average molecular weight is 358 g/mol. The minimum absolute atomic E-state index is 0.416. The Balaban J connectivity index is 2.03. The van der Waals surface area contributed by atoms with Gasteiger partial charge in [0.05, 0.1) is 18.1 Å². The first-order valence-electron chi connectivity index (χ1n) is 6.15. The standard InChI is InChI=1S/C13H16BrN3O2S/c1-8(2)15-7-12-16-17-13(20-12)19-11-5-4-9(18-3)6-10(11)14/h4-6,8,15H,7H2,1-3H3. The Morgan fingerprint density at radius 1 is 1.35 bits per heavy atom. The second kappa shape index (κ2) is 7.01. The van der Waals surface area contributed by atoms with Crippen molar-refractivity contribution in [3.05, 3.63) is 27.7 Å². The lowest BCUT2D eigenvalue weighted by molar-refractivity contribution is 0.412. The fraction of sp³-hybridized carbons (Fsp3) is 0.385. The molecule has 20 heavy (non-hydrogen) atoms. The highest BCUT2D eigenvalue weighted by atomic mass is 79.9. The molecular weight excluding hydrogens is 342 g/mol. The molecule has 1 aromatic heterocycles. The van der Waals surface area contributed by atoms with Crippen LogP contribution in [0.1, 0.15) is 18.9 Å². The van der Waals surface area contributed by atoms with Crippen LogP contribution in [0.4, 0.5) is 0 Å². The van der Waals surface area contributed by atoms with Gasteiger partial charge in [0, 0.05) is 6.04 Å². The summed E-state index contributed by atoms with van der Waals surface area (Å²) in [5.74, 6) is 1.45. The summed E-state index contributed by atoms with van der Waals surface area (Å²) in [5, 5.41) is 12.8. The fourth-order valence-electron chi connectivity index (χ4n) is 1.43. The summed E-state index contributed by atoms with van der Waals surface area (Å²) in [5.41, 5.74) is 0. The van der Waals surface area contributed by atoms with Crippen molar-refractivity contribution < 1.29 is 9.47 Å². The Labute approximate surface area is 130 Å². The fourth-order valence-corrected chi connectivity index (χ4v) is 2.52. The molecule has 7 heteroatoms. The first-order valence-corrected chi connectivity index (χ1v) is 7.76. The van der Waals surface area contributed by atoms with Crippen molar-refractivity contribution in [1.29, 1.82) is 0 Å². The van der Waals surface area contributed by atoms with Gasteiger partial charge in [0.15, 0.2) is 0 Å². The third-order valence-corrected chi connectivity index (χ3v) is 3.87. The molecule has 108 valence electrons. The molecule has 1 heterocycles. The van der Waals surface area contributed by atoms with Gasteiger partial charge in [-0.3, -0.25) is 0 Å². The lowest BCUT2D eigenvalue weighted by atomic mass is 10.3. The van der Waals surface area contributed by atoms with Crippen molar-refractivity contribution in [2.75, 3.05) is 7.11 Å². The molecule has 0 bridgehead atoms. The van der Waals surface area contributed by atoms with Gasteiger partial charge in [-0.05, 0) is 34.1 Å². The zero-order valence-corrected chi connectivity index (χ0v) is 13.9. The summed E-state index contributed by atoms with van der Waals surface area (Å²) in [6, 6.07) is 5.93. The molecule has 0 aliphatic rings. The summed E-state index contributed by atoms with van der Waals surface area (Å²) >= 11 is 4.87. The Kier molecular flexibility index (Phi) is 5.33. The number of hydrogen-bond donors (Lipinski definition) is 1. The molecule has 5 nitrogen and oxygen atoms in total. The van der Waals surface area contributed by atoms with Crippen LogP contribution in [0.25, 0.3) is 0 Å². The number of aromatic nitrogens is 2. The van der Waals surface area contributed by atoms with E-state index in [9.17, 15) is 0 Å². The first kappa shape index (κ1) is 15.2. The highest BCUT2D eigenvalue weighted by molar-refractivity contribution is 9.10. The number of halogens is 1. The number of benzene rings is 1. The Morgan fingerprint density at radius 2 is 2.15 bits per heavy atom. The summed E-state index contributed by atoms with van der Waals surface area (Å²) in [6.07, 6.45) is 0. The Bertz CT molecular complexity index is 574. The van der Waals surface area contributed by atoms with Crippen molar-refractivity contribution in [3.8, 4) is 16.7 Å². The normalized spacial score (nSPS) is 10.8. The summed E-state index contributed by atoms with van der Waals surface area (Å²) in [4.78, 5) is 0. The molecule has 0 atom stereocenters. The number of rotatable bonds is 6. The quantitative estimate of drug-likeness (QED) is 0.855. The maximum absolute atomic E-state index is 5.71. The van der Waals surface area contributed by atoms with E-state index in [0.717, 1.165) is 15.2 Å². The van der Waals surface area contributed by atoms with Crippen molar-refractivity contribution >= 4 is 27.3 Å². The van der Waals surface area contributed by atoms with Crippen LogP contribution in [0.5, 0.6) is 16.7 Å². The molecule has 1 N–H and O–H groups in total. The number of ether oxygens (including phenoxy) is 2. The minimum atomic E-state index is 0.416. The molecular formula is C13H16BrN3O2S. The zero-order chi connectivity index (χ0) is 14.5. The van der Waals surface area contributed by atoms with E-state index < -0.39 is 0 Å². The minimum Gasteiger partial charge on any atom is -0.497 e. The van der Waals surface area contributed by atoms with Gasteiger partial charge in [-0.15, -0.1) is 5.10 Å². The summed E-state index contributed by atoms with van der Waals surface area (Å²) < 4.78 is 11.7. The van der Waals surface area contributed by atoms with E-state index in [1.54, 1.807) is 7.11 Å². The second-order valence-corrected chi connectivity index (χ2v) is 6.27. The number of nitrogens with one attached hydrogen (secondary N) is 1. The van der Waals surface area contributed by atoms with Crippen LogP contribution in [0.15, 0.2) is 22.7 Å². The van der Waals surface area contributed by atoms with E-state index in [-0.39, 0.29) is 0 Å². The van der Waals surface area contributed by atoms with Crippen LogP contribution in [0, 0.1) is 0 Å². The predicted octanol–water partition coefficient (Wildman–Crippen LogP) is 3.60. The SMILES string of the molecule is COc1ccc(Oc2nnc(CNC(C)C)s2)c(Br)c1. The van der Waals surface area contributed by atoms with E-state index in [1.165, 1.54) is 11.3 Å². The largest absolute Gasteiger partial charge is 0.497 e. The molecule has 0 radical (unpaired) electrons. The lowest BCUT2D eigenvalue weighted by Crippen LogP contribution is -2.21. The zero-order valence-electron chi connectivity index (χ0n) is 11.5. The molecule has 0 aliphatic carbocycles. The van der Waals surface area contributed by atoms with E-state index >= 15 is 0 Å². The van der Waals surface area contributed by atoms with Crippen LogP contribution < -0.4 is 14.8 Å². The van der Waals surface area contributed by atoms with Gasteiger partial charge < -0.3 is 14.8 Å². The van der Waals surface area contributed by atoms with Crippen molar-refractivity contribution in [2.24, 2.45) is 0 Å². The van der Waals surface area contributed by atoms with Crippen LogP contribution in [-0.2, 0) is 6.54 Å². The molecule has 0 amide bonds. The lowest BCUT2D eigenvalue weighted by Gasteiger charge is -2.06. The van der Waals surface area contributed by atoms with E-state index in [1.807, 2.05) is 18.2 Å². The monoisotopic (exact) mass is 357 g/mol. The van der Waals surface area contributed by atoms with Gasteiger partial charge in [-0.25, -0.2) is 0 Å². The predicted molar refractivity (Wildman–Crippen MR) is 82.7 cm³/mol. The number of nitrogens with zero attached hydrogens (tertiary/aromatic N) is 2. The first-order chi connectivity index (χ1) is 9.58. The topological polar surface area (TPSA) is 56.3 Å². The second-order valence-electron chi connectivity index (χ2n) is 4.40. The highest BCUT2D eigenvalue weighted by Gasteiger charge is 2.09. The van der Waals surface area contributed by atoms with Crippen molar-refractivity contribution in [1.82, 2.24) is 15.5 Å². The van der Waals surface area contributed by atoms with E-state index in [0.29, 0.717) is 23.5 Å².